The molecule has 0 aliphatic rings. The van der Waals surface area contributed by atoms with Crippen molar-refractivity contribution in [3.05, 3.63) is 73.8 Å². The minimum absolute atomic E-state index is 0.0295. The first-order chi connectivity index (χ1) is 9.49. The number of Topliss-reactive ketones (excluding diaryl/α,β-unsaturated/α-hetero) is 1. The lowest BCUT2D eigenvalue weighted by Crippen LogP contribution is -2.07. The third-order valence-electron chi connectivity index (χ3n) is 2.75. The molecule has 6 heteroatoms. The second kappa shape index (κ2) is 6.03. The molecule has 0 aromatic heterocycles. The van der Waals surface area contributed by atoms with Crippen LogP contribution in [-0.2, 0) is 6.42 Å². The molecular weight excluding hydrogens is 301 g/mol. The van der Waals surface area contributed by atoms with E-state index < -0.39 is 4.92 Å². The molecule has 0 aliphatic carbocycles. The van der Waals surface area contributed by atoms with Crippen LogP contribution < -0.4 is 0 Å². The molecule has 0 atom stereocenters. The van der Waals surface area contributed by atoms with E-state index in [1.807, 2.05) is 0 Å². The topological polar surface area (TPSA) is 60.2 Å². The Bertz CT molecular complexity index is 686. The Morgan fingerprint density at radius 3 is 2.45 bits per heavy atom. The van der Waals surface area contributed by atoms with Crippen molar-refractivity contribution in [1.82, 2.24) is 0 Å². The number of hydrogen-bond acceptors (Lipinski definition) is 3. The molecule has 2 aromatic carbocycles. The fraction of sp³-hybridized carbons (Fsp3) is 0.0714. The van der Waals surface area contributed by atoms with Crippen LogP contribution in [0.2, 0.25) is 10.0 Å². The van der Waals surface area contributed by atoms with Crippen LogP contribution in [0.1, 0.15) is 15.9 Å². The average Bonchev–Trinajstić information content (AvgIpc) is 2.43. The summed E-state index contributed by atoms with van der Waals surface area (Å²) in [6.45, 7) is 0. The molecule has 4 nitrogen and oxygen atoms in total. The lowest BCUT2D eigenvalue weighted by atomic mass is 10.0. The second-order valence-corrected chi connectivity index (χ2v) is 4.94. The number of halogens is 2. The zero-order valence-electron chi connectivity index (χ0n) is 10.2. The van der Waals surface area contributed by atoms with Crippen molar-refractivity contribution >= 4 is 34.7 Å². The van der Waals surface area contributed by atoms with Crippen molar-refractivity contribution in [2.24, 2.45) is 0 Å². The number of nitro groups is 1. The highest BCUT2D eigenvalue weighted by Gasteiger charge is 2.19. The lowest BCUT2D eigenvalue weighted by molar-refractivity contribution is -0.385. The largest absolute Gasteiger partial charge is 0.294 e. The molecule has 2 aromatic rings. The van der Waals surface area contributed by atoms with Crippen LogP contribution >= 0.6 is 23.2 Å². The van der Waals surface area contributed by atoms with Crippen LogP contribution in [0.15, 0.2) is 42.5 Å². The van der Waals surface area contributed by atoms with Gasteiger partial charge in [-0.15, -0.1) is 0 Å². The first-order valence-corrected chi connectivity index (χ1v) is 6.45. The Morgan fingerprint density at radius 1 is 1.10 bits per heavy atom. The molecule has 0 unspecified atom stereocenters. The summed E-state index contributed by atoms with van der Waals surface area (Å²) < 4.78 is 0. The zero-order chi connectivity index (χ0) is 14.7. The van der Waals surface area contributed by atoms with Crippen LogP contribution in [0.25, 0.3) is 0 Å². The summed E-state index contributed by atoms with van der Waals surface area (Å²) in [4.78, 5) is 22.5. The minimum atomic E-state index is -0.567. The Morgan fingerprint density at radius 2 is 1.80 bits per heavy atom. The van der Waals surface area contributed by atoms with Crippen molar-refractivity contribution in [2.75, 3.05) is 0 Å². The number of hydrogen-bond donors (Lipinski definition) is 0. The van der Waals surface area contributed by atoms with Crippen LogP contribution in [0, 0.1) is 10.1 Å². The van der Waals surface area contributed by atoms with Gasteiger partial charge in [-0.3, -0.25) is 14.9 Å². The van der Waals surface area contributed by atoms with E-state index in [2.05, 4.69) is 0 Å². The van der Waals surface area contributed by atoms with Gasteiger partial charge < -0.3 is 0 Å². The molecule has 0 heterocycles. The number of benzene rings is 2. The van der Waals surface area contributed by atoms with Gasteiger partial charge in [-0.25, -0.2) is 0 Å². The standard InChI is InChI=1S/C14H9Cl2NO3/c15-11-6-5-9(7-12(11)16)8-14(18)10-3-1-2-4-13(10)17(19)20/h1-7H,8H2. The molecule has 0 saturated carbocycles. The Kier molecular flexibility index (Phi) is 4.37. The van der Waals surface area contributed by atoms with Crippen molar-refractivity contribution in [3.8, 4) is 0 Å². The Hall–Kier alpha value is -1.91. The van der Waals surface area contributed by atoms with Gasteiger partial charge in [0.1, 0.15) is 0 Å². The number of para-hydroxylation sites is 1. The molecule has 20 heavy (non-hydrogen) atoms. The van der Waals surface area contributed by atoms with Crippen molar-refractivity contribution in [3.63, 3.8) is 0 Å². The van der Waals surface area contributed by atoms with Gasteiger partial charge in [-0.1, -0.05) is 41.4 Å². The maximum Gasteiger partial charge on any atom is 0.280 e. The van der Waals surface area contributed by atoms with E-state index in [0.717, 1.165) is 0 Å². The van der Waals surface area contributed by atoms with Gasteiger partial charge in [0.2, 0.25) is 0 Å². The van der Waals surface area contributed by atoms with Gasteiger partial charge in [0.05, 0.1) is 20.5 Å². The predicted molar refractivity (Wildman–Crippen MR) is 77.6 cm³/mol. The lowest BCUT2D eigenvalue weighted by Gasteiger charge is -2.04. The van der Waals surface area contributed by atoms with Crippen LogP contribution in [-0.4, -0.2) is 10.7 Å². The van der Waals surface area contributed by atoms with Gasteiger partial charge >= 0.3 is 0 Å². The Labute approximate surface area is 125 Å². The van der Waals surface area contributed by atoms with Gasteiger partial charge in [-0.05, 0) is 23.8 Å². The van der Waals surface area contributed by atoms with E-state index in [0.29, 0.717) is 15.6 Å². The second-order valence-electron chi connectivity index (χ2n) is 4.12. The fourth-order valence-corrected chi connectivity index (χ4v) is 2.12. The number of rotatable bonds is 4. The zero-order valence-corrected chi connectivity index (χ0v) is 11.7. The molecule has 102 valence electrons. The SMILES string of the molecule is O=C(Cc1ccc(Cl)c(Cl)c1)c1ccccc1[N+](=O)[O-]. The number of nitro benzene ring substituents is 1. The maximum atomic E-state index is 12.2. The average molecular weight is 310 g/mol. The van der Waals surface area contributed by atoms with Crippen molar-refractivity contribution in [1.29, 1.82) is 0 Å². The van der Waals surface area contributed by atoms with Crippen LogP contribution in [0.4, 0.5) is 5.69 Å². The quantitative estimate of drug-likeness (QED) is 0.480. The van der Waals surface area contributed by atoms with E-state index in [-0.39, 0.29) is 23.5 Å². The number of nitrogens with zero attached hydrogens (tertiary/aromatic N) is 1. The molecule has 2 rings (SSSR count). The summed E-state index contributed by atoms with van der Waals surface area (Å²) in [5, 5.41) is 11.6. The first kappa shape index (κ1) is 14.5. The van der Waals surface area contributed by atoms with E-state index in [1.165, 1.54) is 18.2 Å². The van der Waals surface area contributed by atoms with Crippen LogP contribution in [0.3, 0.4) is 0 Å². The Balaban J connectivity index is 2.28. The number of carbonyl (C=O) groups is 1. The van der Waals surface area contributed by atoms with Crippen molar-refractivity contribution in [2.45, 2.75) is 6.42 Å². The first-order valence-electron chi connectivity index (χ1n) is 5.69. The third-order valence-corrected chi connectivity index (χ3v) is 3.49. The van der Waals surface area contributed by atoms with E-state index in [1.54, 1.807) is 24.3 Å². The third kappa shape index (κ3) is 3.15. The molecule has 0 radical (unpaired) electrons. The summed E-state index contributed by atoms with van der Waals surface area (Å²) in [6.07, 6.45) is 0.0295. The molecule has 0 N–H and O–H groups in total. The van der Waals surface area contributed by atoms with E-state index >= 15 is 0 Å². The minimum Gasteiger partial charge on any atom is -0.294 e. The molecule has 0 spiro atoms. The summed E-state index contributed by atoms with van der Waals surface area (Å²) in [5.41, 5.74) is 0.545. The van der Waals surface area contributed by atoms with Gasteiger partial charge in [0, 0.05) is 12.5 Å². The predicted octanol–water partition coefficient (Wildman–Crippen LogP) is 4.33. The monoisotopic (exact) mass is 309 g/mol. The maximum absolute atomic E-state index is 12.2. The molecule has 0 amide bonds. The van der Waals surface area contributed by atoms with Gasteiger partial charge in [0.15, 0.2) is 5.78 Å². The van der Waals surface area contributed by atoms with Gasteiger partial charge in [-0.2, -0.15) is 0 Å². The molecule has 0 saturated heterocycles. The molecule has 0 bridgehead atoms. The van der Waals surface area contributed by atoms with Gasteiger partial charge in [0.25, 0.3) is 5.69 Å². The van der Waals surface area contributed by atoms with Crippen LogP contribution in [0.5, 0.6) is 0 Å². The highest BCUT2D eigenvalue weighted by molar-refractivity contribution is 6.42. The summed E-state index contributed by atoms with van der Waals surface area (Å²) in [5.74, 6) is -0.337. The van der Waals surface area contributed by atoms with Crippen molar-refractivity contribution < 1.29 is 9.72 Å². The summed E-state index contributed by atoms with van der Waals surface area (Å²) in [6, 6.07) is 10.7. The van der Waals surface area contributed by atoms with E-state index in [4.69, 9.17) is 23.2 Å². The smallest absolute Gasteiger partial charge is 0.280 e. The highest BCUT2D eigenvalue weighted by Crippen LogP contribution is 2.24. The molecule has 0 aliphatic heterocycles. The highest BCUT2D eigenvalue weighted by atomic mass is 35.5. The number of ketones is 1. The summed E-state index contributed by atoms with van der Waals surface area (Å²) in [7, 11) is 0. The normalized spacial score (nSPS) is 10.3. The molecule has 0 fully saturated rings. The fourth-order valence-electron chi connectivity index (χ4n) is 1.80. The summed E-state index contributed by atoms with van der Waals surface area (Å²) >= 11 is 11.7. The van der Waals surface area contributed by atoms with E-state index in [9.17, 15) is 14.9 Å². The number of carbonyl (C=O) groups excluding carboxylic acids is 1. The molecular formula is C14H9Cl2NO3.